The molecule has 2 nitrogen and oxygen atoms in total. The minimum Gasteiger partial charge on any atom is -0.396 e. The summed E-state index contributed by atoms with van der Waals surface area (Å²) < 4.78 is 0. The fourth-order valence-corrected chi connectivity index (χ4v) is 2.16. The summed E-state index contributed by atoms with van der Waals surface area (Å²) >= 11 is 0. The molecule has 64 valence electrons. The van der Waals surface area contributed by atoms with Crippen molar-refractivity contribution >= 4 is 0 Å². The van der Waals surface area contributed by atoms with Gasteiger partial charge >= 0.3 is 0 Å². The maximum absolute atomic E-state index is 9.17. The summed E-state index contributed by atoms with van der Waals surface area (Å²) in [5.74, 6) is 2.25. The number of aliphatic hydroxyl groups is 1. The lowest BCUT2D eigenvalue weighted by Gasteiger charge is -2.42. The lowest BCUT2D eigenvalue weighted by Crippen LogP contribution is -2.50. The lowest BCUT2D eigenvalue weighted by molar-refractivity contribution is 0.0535. The molecule has 0 aromatic heterocycles. The zero-order valence-corrected chi connectivity index (χ0v) is 6.92. The Labute approximate surface area is 68.0 Å². The Hall–Kier alpha value is -0.0800. The molecule has 1 aliphatic carbocycles. The van der Waals surface area contributed by atoms with Gasteiger partial charge in [-0.15, -0.1) is 0 Å². The molecule has 0 amide bonds. The van der Waals surface area contributed by atoms with Crippen LogP contribution in [0, 0.1) is 17.8 Å². The Morgan fingerprint density at radius 1 is 1.27 bits per heavy atom. The molecule has 1 unspecified atom stereocenters. The number of rotatable bonds is 3. The number of hydrogen-bond acceptors (Lipinski definition) is 2. The first-order valence-corrected chi connectivity index (χ1v) is 4.73. The summed E-state index contributed by atoms with van der Waals surface area (Å²) in [4.78, 5) is 0. The molecule has 1 aliphatic heterocycles. The zero-order valence-electron chi connectivity index (χ0n) is 6.92. The third kappa shape index (κ3) is 1.30. The first-order valence-electron chi connectivity index (χ1n) is 4.73. The molecule has 2 N–H and O–H groups in total. The lowest BCUT2D eigenvalue weighted by atomic mass is 9.69. The standard InChI is InChI=1S/C9H17NO/c11-6-9(7-2-1-3-7)8-4-10-5-8/h7-11H,1-6H2. The van der Waals surface area contributed by atoms with Crippen LogP contribution in [0.1, 0.15) is 19.3 Å². The molecule has 11 heavy (non-hydrogen) atoms. The molecular formula is C9H17NO. The van der Waals surface area contributed by atoms with Crippen molar-refractivity contribution in [2.24, 2.45) is 17.8 Å². The van der Waals surface area contributed by atoms with Crippen molar-refractivity contribution < 1.29 is 5.11 Å². The summed E-state index contributed by atoms with van der Waals surface area (Å²) in [6.07, 6.45) is 4.12. The van der Waals surface area contributed by atoms with E-state index >= 15 is 0 Å². The molecule has 0 radical (unpaired) electrons. The quantitative estimate of drug-likeness (QED) is 0.626. The Morgan fingerprint density at radius 2 is 2.00 bits per heavy atom. The van der Waals surface area contributed by atoms with Gasteiger partial charge in [-0.2, -0.15) is 0 Å². The Balaban J connectivity index is 1.83. The highest BCUT2D eigenvalue weighted by molar-refractivity contribution is 4.88. The van der Waals surface area contributed by atoms with E-state index in [1.54, 1.807) is 0 Å². The minimum absolute atomic E-state index is 0.414. The van der Waals surface area contributed by atoms with Crippen LogP contribution in [0.5, 0.6) is 0 Å². The fourth-order valence-electron chi connectivity index (χ4n) is 2.16. The Morgan fingerprint density at radius 3 is 2.27 bits per heavy atom. The summed E-state index contributed by atoms with van der Waals surface area (Å²) in [6.45, 7) is 2.69. The van der Waals surface area contributed by atoms with Crippen LogP contribution >= 0.6 is 0 Å². The zero-order chi connectivity index (χ0) is 7.68. The average Bonchev–Trinajstić information content (AvgIpc) is 1.78. The SMILES string of the molecule is OCC(C1CCC1)C1CNC1. The molecule has 0 spiro atoms. The van der Waals surface area contributed by atoms with Crippen molar-refractivity contribution in [3.05, 3.63) is 0 Å². The van der Waals surface area contributed by atoms with Gasteiger partial charge in [0.25, 0.3) is 0 Å². The largest absolute Gasteiger partial charge is 0.396 e. The predicted molar refractivity (Wildman–Crippen MR) is 44.3 cm³/mol. The van der Waals surface area contributed by atoms with Crippen molar-refractivity contribution in [3.8, 4) is 0 Å². The summed E-state index contributed by atoms with van der Waals surface area (Å²) in [7, 11) is 0. The molecule has 0 aromatic rings. The van der Waals surface area contributed by atoms with Crippen LogP contribution in [0.2, 0.25) is 0 Å². The number of hydrogen-bond donors (Lipinski definition) is 2. The van der Waals surface area contributed by atoms with Gasteiger partial charge in [0, 0.05) is 6.61 Å². The van der Waals surface area contributed by atoms with Gasteiger partial charge in [0.2, 0.25) is 0 Å². The highest BCUT2D eigenvalue weighted by Crippen LogP contribution is 2.37. The minimum atomic E-state index is 0.414. The molecule has 2 fully saturated rings. The smallest absolute Gasteiger partial charge is 0.0465 e. The molecule has 1 saturated carbocycles. The monoisotopic (exact) mass is 155 g/mol. The van der Waals surface area contributed by atoms with E-state index in [9.17, 15) is 0 Å². The van der Waals surface area contributed by atoms with E-state index in [1.165, 1.54) is 19.3 Å². The van der Waals surface area contributed by atoms with Crippen molar-refractivity contribution in [1.29, 1.82) is 0 Å². The fraction of sp³-hybridized carbons (Fsp3) is 1.00. The Kier molecular flexibility index (Phi) is 2.14. The number of aliphatic hydroxyl groups excluding tert-OH is 1. The molecule has 0 aromatic carbocycles. The van der Waals surface area contributed by atoms with Crippen LogP contribution in [0.3, 0.4) is 0 Å². The third-order valence-corrected chi connectivity index (χ3v) is 3.38. The molecule has 0 bridgehead atoms. The summed E-state index contributed by atoms with van der Waals surface area (Å²) in [5.41, 5.74) is 0. The average molecular weight is 155 g/mol. The molecule has 2 rings (SSSR count). The molecule has 2 heteroatoms. The highest BCUT2D eigenvalue weighted by Gasteiger charge is 2.35. The van der Waals surface area contributed by atoms with E-state index in [2.05, 4.69) is 5.32 Å². The highest BCUT2D eigenvalue weighted by atomic mass is 16.3. The molecule has 1 atom stereocenters. The first-order chi connectivity index (χ1) is 5.42. The van der Waals surface area contributed by atoms with Crippen LogP contribution < -0.4 is 5.32 Å². The topological polar surface area (TPSA) is 32.3 Å². The van der Waals surface area contributed by atoms with Gasteiger partial charge in [0.05, 0.1) is 0 Å². The normalized spacial score (nSPS) is 29.2. The summed E-state index contributed by atoms with van der Waals surface area (Å²) in [5, 5.41) is 12.4. The maximum Gasteiger partial charge on any atom is 0.0465 e. The van der Waals surface area contributed by atoms with E-state index in [-0.39, 0.29) is 0 Å². The van der Waals surface area contributed by atoms with Crippen LogP contribution in [0.25, 0.3) is 0 Å². The van der Waals surface area contributed by atoms with E-state index < -0.39 is 0 Å². The van der Waals surface area contributed by atoms with E-state index in [0.29, 0.717) is 12.5 Å². The van der Waals surface area contributed by atoms with E-state index in [0.717, 1.165) is 24.9 Å². The van der Waals surface area contributed by atoms with Crippen molar-refractivity contribution in [2.75, 3.05) is 19.7 Å². The third-order valence-electron chi connectivity index (χ3n) is 3.38. The van der Waals surface area contributed by atoms with Gasteiger partial charge in [0.15, 0.2) is 0 Å². The van der Waals surface area contributed by atoms with Crippen molar-refractivity contribution in [3.63, 3.8) is 0 Å². The van der Waals surface area contributed by atoms with Crippen LogP contribution in [-0.2, 0) is 0 Å². The van der Waals surface area contributed by atoms with Crippen molar-refractivity contribution in [1.82, 2.24) is 5.32 Å². The summed E-state index contributed by atoms with van der Waals surface area (Å²) in [6, 6.07) is 0. The van der Waals surface area contributed by atoms with E-state index in [1.807, 2.05) is 0 Å². The predicted octanol–water partition coefficient (Wildman–Crippen LogP) is 0.614. The number of nitrogens with one attached hydrogen (secondary N) is 1. The second kappa shape index (κ2) is 3.11. The second-order valence-corrected chi connectivity index (χ2v) is 3.96. The van der Waals surface area contributed by atoms with Crippen LogP contribution in [0.4, 0.5) is 0 Å². The van der Waals surface area contributed by atoms with Gasteiger partial charge in [-0.3, -0.25) is 0 Å². The van der Waals surface area contributed by atoms with Crippen LogP contribution in [0.15, 0.2) is 0 Å². The van der Waals surface area contributed by atoms with Gasteiger partial charge in [-0.1, -0.05) is 19.3 Å². The molecule has 1 heterocycles. The van der Waals surface area contributed by atoms with Crippen molar-refractivity contribution in [2.45, 2.75) is 19.3 Å². The molecular weight excluding hydrogens is 138 g/mol. The molecule has 2 aliphatic rings. The Bertz CT molecular complexity index is 116. The van der Waals surface area contributed by atoms with E-state index in [4.69, 9.17) is 5.11 Å². The first kappa shape index (κ1) is 7.56. The second-order valence-electron chi connectivity index (χ2n) is 3.96. The van der Waals surface area contributed by atoms with Gasteiger partial charge in [-0.05, 0) is 30.8 Å². The van der Waals surface area contributed by atoms with Crippen LogP contribution in [-0.4, -0.2) is 24.8 Å². The van der Waals surface area contributed by atoms with Gasteiger partial charge in [-0.25, -0.2) is 0 Å². The van der Waals surface area contributed by atoms with Gasteiger partial charge in [0.1, 0.15) is 0 Å². The molecule has 1 saturated heterocycles. The maximum atomic E-state index is 9.17. The van der Waals surface area contributed by atoms with Gasteiger partial charge < -0.3 is 10.4 Å².